The molecule has 2 aromatic carbocycles. The van der Waals surface area contributed by atoms with Crippen LogP contribution >= 0.6 is 0 Å². The first kappa shape index (κ1) is 25.9. The van der Waals surface area contributed by atoms with Crippen molar-refractivity contribution in [2.24, 2.45) is 5.92 Å². The summed E-state index contributed by atoms with van der Waals surface area (Å²) in [6.07, 6.45) is 4.23. The molecule has 1 aliphatic heterocycles. The van der Waals surface area contributed by atoms with Crippen molar-refractivity contribution in [1.82, 2.24) is 10.6 Å². The van der Waals surface area contributed by atoms with E-state index in [1.54, 1.807) is 25.1 Å². The average Bonchev–Trinajstić information content (AvgIpc) is 2.84. The van der Waals surface area contributed by atoms with Crippen molar-refractivity contribution in [3.63, 3.8) is 0 Å². The number of hydrogen-bond acceptors (Lipinski definition) is 6. The molecule has 2 aromatic rings. The van der Waals surface area contributed by atoms with Gasteiger partial charge in [0.15, 0.2) is 0 Å². The number of anilines is 1. The zero-order valence-electron chi connectivity index (χ0n) is 19.7. The van der Waals surface area contributed by atoms with E-state index in [9.17, 15) is 19.2 Å². The third-order valence-corrected chi connectivity index (χ3v) is 5.65. The molecule has 3 rings (SSSR count). The van der Waals surface area contributed by atoms with E-state index in [-0.39, 0.29) is 38.4 Å². The zero-order chi connectivity index (χ0) is 25.2. The van der Waals surface area contributed by atoms with Crippen LogP contribution in [0.2, 0.25) is 0 Å². The summed E-state index contributed by atoms with van der Waals surface area (Å²) in [5.41, 5.74) is 0.539. The second kappa shape index (κ2) is 12.7. The lowest BCUT2D eigenvalue weighted by atomic mass is 9.98. The number of cyclic esters (lactones) is 1. The number of allylic oxidation sites excluding steroid dienone is 2. The summed E-state index contributed by atoms with van der Waals surface area (Å²) in [6, 6.07) is 11.6. The molecule has 1 aliphatic rings. The van der Waals surface area contributed by atoms with Gasteiger partial charge in [0, 0.05) is 24.6 Å². The van der Waals surface area contributed by atoms with Crippen LogP contribution in [0.3, 0.4) is 0 Å². The second-order valence-electron chi connectivity index (χ2n) is 8.59. The van der Waals surface area contributed by atoms with Crippen LogP contribution in [0.15, 0.2) is 54.6 Å². The summed E-state index contributed by atoms with van der Waals surface area (Å²) >= 11 is 0. The first-order chi connectivity index (χ1) is 16.9. The Labute approximate surface area is 203 Å². The lowest BCUT2D eigenvalue weighted by Crippen LogP contribution is -2.49. The van der Waals surface area contributed by atoms with Crippen molar-refractivity contribution in [2.45, 2.75) is 44.7 Å². The minimum Gasteiger partial charge on any atom is -0.463 e. The van der Waals surface area contributed by atoms with Crippen molar-refractivity contribution in [2.75, 3.05) is 18.5 Å². The fourth-order valence-corrected chi connectivity index (χ4v) is 3.68. The Morgan fingerprint density at radius 1 is 1.14 bits per heavy atom. The van der Waals surface area contributed by atoms with Gasteiger partial charge in [-0.1, -0.05) is 42.5 Å². The molecule has 3 amide bonds. The van der Waals surface area contributed by atoms with Gasteiger partial charge in [-0.3, -0.25) is 19.2 Å². The van der Waals surface area contributed by atoms with Crippen LogP contribution in [0.25, 0.3) is 10.8 Å². The zero-order valence-corrected chi connectivity index (χ0v) is 19.7. The van der Waals surface area contributed by atoms with Gasteiger partial charge in [-0.05, 0) is 42.7 Å². The highest BCUT2D eigenvalue weighted by atomic mass is 16.5. The number of carbonyl (C=O) groups is 4. The molecule has 35 heavy (non-hydrogen) atoms. The molecule has 9 nitrogen and oxygen atoms in total. The van der Waals surface area contributed by atoms with E-state index in [0.29, 0.717) is 12.1 Å². The maximum atomic E-state index is 13.0. The van der Waals surface area contributed by atoms with Crippen LogP contribution in [0.4, 0.5) is 5.69 Å². The average molecular weight is 482 g/mol. The highest BCUT2D eigenvalue weighted by molar-refractivity contribution is 5.99. The third kappa shape index (κ3) is 7.92. The Morgan fingerprint density at radius 2 is 1.91 bits per heavy atom. The van der Waals surface area contributed by atoms with E-state index in [2.05, 4.69) is 16.0 Å². The maximum absolute atomic E-state index is 13.0. The van der Waals surface area contributed by atoms with Crippen LogP contribution in [-0.2, 0) is 23.9 Å². The Bertz CT molecular complexity index is 1100. The minimum atomic E-state index is -1.14. The van der Waals surface area contributed by atoms with E-state index in [1.807, 2.05) is 36.4 Å². The molecular formula is C26H31N3O6. The van der Waals surface area contributed by atoms with Crippen molar-refractivity contribution in [1.29, 1.82) is 0 Å². The highest BCUT2D eigenvalue weighted by Gasteiger charge is 2.28. The number of benzene rings is 2. The SMILES string of the molecule is CC(CO)NC(=O)CC1CC=CCCC(=O)OCC(C(=O)Nc2ccc3ccccc3c2)NC1=O. The largest absolute Gasteiger partial charge is 0.463 e. The molecule has 4 N–H and O–H groups in total. The lowest BCUT2D eigenvalue weighted by Gasteiger charge is -2.22. The number of nitrogens with one attached hydrogen (secondary N) is 3. The fourth-order valence-electron chi connectivity index (χ4n) is 3.68. The van der Waals surface area contributed by atoms with Gasteiger partial charge >= 0.3 is 5.97 Å². The predicted octanol–water partition coefficient (Wildman–Crippen LogP) is 2.05. The molecule has 0 bridgehead atoms. The summed E-state index contributed by atoms with van der Waals surface area (Å²) in [6.45, 7) is 1.11. The fraction of sp³-hybridized carbons (Fsp3) is 0.385. The van der Waals surface area contributed by atoms with Gasteiger partial charge in [-0.25, -0.2) is 0 Å². The highest BCUT2D eigenvalue weighted by Crippen LogP contribution is 2.19. The first-order valence-electron chi connectivity index (χ1n) is 11.7. The van der Waals surface area contributed by atoms with E-state index in [4.69, 9.17) is 9.84 Å². The molecule has 0 saturated heterocycles. The van der Waals surface area contributed by atoms with Gasteiger partial charge in [0.2, 0.25) is 11.8 Å². The topological polar surface area (TPSA) is 134 Å². The molecule has 1 heterocycles. The Balaban J connectivity index is 1.75. The number of carbonyl (C=O) groups excluding carboxylic acids is 4. The van der Waals surface area contributed by atoms with Crippen LogP contribution in [0.1, 0.15) is 32.6 Å². The van der Waals surface area contributed by atoms with Gasteiger partial charge < -0.3 is 25.8 Å². The number of amides is 3. The summed E-state index contributed by atoms with van der Waals surface area (Å²) in [4.78, 5) is 50.5. The van der Waals surface area contributed by atoms with Crippen molar-refractivity contribution < 1.29 is 29.0 Å². The quantitative estimate of drug-likeness (QED) is 0.369. The monoisotopic (exact) mass is 481 g/mol. The van der Waals surface area contributed by atoms with Crippen LogP contribution in [0.5, 0.6) is 0 Å². The van der Waals surface area contributed by atoms with Gasteiger partial charge in [0.1, 0.15) is 12.6 Å². The summed E-state index contributed by atoms with van der Waals surface area (Å²) in [5.74, 6) is -2.62. The van der Waals surface area contributed by atoms with Gasteiger partial charge in [0.05, 0.1) is 12.5 Å². The number of ether oxygens (including phenoxy) is 1. The van der Waals surface area contributed by atoms with Crippen molar-refractivity contribution in [3.8, 4) is 0 Å². The van der Waals surface area contributed by atoms with Crippen molar-refractivity contribution >= 4 is 40.2 Å². The molecule has 186 valence electrons. The number of esters is 1. The van der Waals surface area contributed by atoms with Gasteiger partial charge in [-0.15, -0.1) is 0 Å². The summed E-state index contributed by atoms with van der Waals surface area (Å²) in [5, 5.41) is 19.2. The molecular weight excluding hydrogens is 450 g/mol. The normalized spacial score (nSPS) is 20.1. The molecule has 0 fully saturated rings. The molecule has 3 atom stereocenters. The molecule has 0 saturated carbocycles. The molecule has 0 aromatic heterocycles. The van der Waals surface area contributed by atoms with E-state index in [0.717, 1.165) is 10.8 Å². The van der Waals surface area contributed by atoms with E-state index in [1.165, 1.54) is 0 Å². The maximum Gasteiger partial charge on any atom is 0.306 e. The van der Waals surface area contributed by atoms with Gasteiger partial charge in [0.25, 0.3) is 5.91 Å². The molecule has 9 heteroatoms. The summed E-state index contributed by atoms with van der Waals surface area (Å²) in [7, 11) is 0. The van der Waals surface area contributed by atoms with Crippen LogP contribution in [-0.4, -0.2) is 54.1 Å². The minimum absolute atomic E-state index is 0.112. The predicted molar refractivity (Wildman–Crippen MR) is 131 cm³/mol. The number of hydrogen-bond donors (Lipinski definition) is 4. The Hall–Kier alpha value is -3.72. The number of rotatable bonds is 6. The van der Waals surface area contributed by atoms with Crippen LogP contribution in [0, 0.1) is 5.92 Å². The van der Waals surface area contributed by atoms with E-state index < -0.39 is 35.8 Å². The number of aliphatic hydroxyl groups is 1. The standard InChI is InChI=1S/C26H31N3O6/c1-17(15-30)27-23(31)14-20-9-3-2-4-10-24(32)35-16-22(29-25(20)33)26(34)28-21-12-11-18-7-5-6-8-19(18)13-21/h2-3,5-8,11-13,17,20,22,30H,4,9-10,14-16H2,1H3,(H,27,31)(H,28,34)(H,29,33). The Kier molecular flexibility index (Phi) is 9.37. The molecule has 0 aliphatic carbocycles. The first-order valence-corrected chi connectivity index (χ1v) is 11.7. The Morgan fingerprint density at radius 3 is 2.69 bits per heavy atom. The number of aliphatic hydroxyl groups excluding tert-OH is 1. The van der Waals surface area contributed by atoms with Crippen LogP contribution < -0.4 is 16.0 Å². The lowest BCUT2D eigenvalue weighted by molar-refractivity contribution is -0.146. The van der Waals surface area contributed by atoms with Crippen molar-refractivity contribution in [3.05, 3.63) is 54.6 Å². The molecule has 0 spiro atoms. The van der Waals surface area contributed by atoms with E-state index >= 15 is 0 Å². The van der Waals surface area contributed by atoms with Gasteiger partial charge in [-0.2, -0.15) is 0 Å². The number of fused-ring (bicyclic) bond motifs is 1. The third-order valence-electron chi connectivity index (χ3n) is 5.65. The molecule has 0 radical (unpaired) electrons. The smallest absolute Gasteiger partial charge is 0.306 e. The molecule has 3 unspecified atom stereocenters. The second-order valence-corrected chi connectivity index (χ2v) is 8.59. The summed E-state index contributed by atoms with van der Waals surface area (Å²) < 4.78 is 5.23.